The normalized spacial score (nSPS) is 20.4. The van der Waals surface area contributed by atoms with Crippen molar-refractivity contribution < 1.29 is 14.3 Å². The maximum atomic E-state index is 12.1. The lowest BCUT2D eigenvalue weighted by molar-refractivity contribution is 0.00332. The first-order valence-electron chi connectivity index (χ1n) is 6.33. The van der Waals surface area contributed by atoms with Crippen LogP contribution in [-0.2, 0) is 10.5 Å². The average Bonchev–Trinajstić information content (AvgIpc) is 2.81. The lowest BCUT2D eigenvalue weighted by atomic mass is 9.94. The summed E-state index contributed by atoms with van der Waals surface area (Å²) in [5.41, 5.74) is 1.40. The second kappa shape index (κ2) is 4.65. The molecule has 4 heteroatoms. The molecule has 2 aromatic rings. The molecule has 1 N–H and O–H groups in total. The van der Waals surface area contributed by atoms with Crippen molar-refractivity contribution >= 4 is 5.91 Å². The van der Waals surface area contributed by atoms with Crippen LogP contribution in [0.15, 0.2) is 48.5 Å². The largest absolute Gasteiger partial charge is 0.497 e. The number of methoxy groups -OCH3 is 2. The zero-order valence-corrected chi connectivity index (χ0v) is 11.3. The van der Waals surface area contributed by atoms with Crippen LogP contribution < -0.4 is 10.1 Å². The highest BCUT2D eigenvalue weighted by molar-refractivity contribution is 6.00. The number of nitrogens with one attached hydrogen (secondary N) is 1. The predicted molar refractivity (Wildman–Crippen MR) is 74.7 cm³/mol. The molecule has 0 spiro atoms. The van der Waals surface area contributed by atoms with Gasteiger partial charge in [-0.15, -0.1) is 0 Å². The number of amides is 1. The van der Waals surface area contributed by atoms with Crippen molar-refractivity contribution in [3.63, 3.8) is 0 Å². The highest BCUT2D eigenvalue weighted by Gasteiger charge is 2.44. The maximum Gasteiger partial charge on any atom is 0.254 e. The van der Waals surface area contributed by atoms with Gasteiger partial charge in [0.15, 0.2) is 5.72 Å². The van der Waals surface area contributed by atoms with Crippen molar-refractivity contribution in [3.05, 3.63) is 65.2 Å². The van der Waals surface area contributed by atoms with Gasteiger partial charge in [0.05, 0.1) is 7.11 Å². The number of ether oxygens (including phenoxy) is 2. The van der Waals surface area contributed by atoms with E-state index in [4.69, 9.17) is 9.47 Å². The standard InChI is InChI=1S/C16H15NO3/c1-19-12-9-7-11(8-10-12)16(20-2)14-6-4-3-5-13(14)15(18)17-16/h3-10H,1-2H3,(H,17,18). The third-order valence-corrected chi connectivity index (χ3v) is 3.64. The van der Waals surface area contributed by atoms with Crippen LogP contribution in [0.5, 0.6) is 5.75 Å². The molecule has 0 saturated heterocycles. The van der Waals surface area contributed by atoms with Crippen molar-refractivity contribution in [2.75, 3.05) is 14.2 Å². The van der Waals surface area contributed by atoms with E-state index >= 15 is 0 Å². The zero-order valence-electron chi connectivity index (χ0n) is 11.3. The Bertz CT molecular complexity index is 651. The van der Waals surface area contributed by atoms with Crippen molar-refractivity contribution in [1.82, 2.24) is 5.32 Å². The molecule has 0 saturated carbocycles. The van der Waals surface area contributed by atoms with Crippen LogP contribution in [0, 0.1) is 0 Å². The van der Waals surface area contributed by atoms with E-state index in [1.807, 2.05) is 42.5 Å². The summed E-state index contributed by atoms with van der Waals surface area (Å²) in [5.74, 6) is 0.635. The van der Waals surface area contributed by atoms with Gasteiger partial charge in [-0.05, 0) is 18.2 Å². The quantitative estimate of drug-likeness (QED) is 0.930. The topological polar surface area (TPSA) is 47.6 Å². The summed E-state index contributed by atoms with van der Waals surface area (Å²) >= 11 is 0. The van der Waals surface area contributed by atoms with Gasteiger partial charge in [-0.1, -0.05) is 30.3 Å². The van der Waals surface area contributed by atoms with Gasteiger partial charge >= 0.3 is 0 Å². The Hall–Kier alpha value is -2.33. The predicted octanol–water partition coefficient (Wildman–Crippen LogP) is 2.29. The van der Waals surface area contributed by atoms with E-state index in [-0.39, 0.29) is 5.91 Å². The third kappa shape index (κ3) is 1.69. The van der Waals surface area contributed by atoms with Crippen molar-refractivity contribution in [2.24, 2.45) is 0 Å². The average molecular weight is 269 g/mol. The smallest absolute Gasteiger partial charge is 0.254 e. The van der Waals surface area contributed by atoms with Gasteiger partial charge in [0.2, 0.25) is 0 Å². The molecule has 1 unspecified atom stereocenters. The van der Waals surface area contributed by atoms with Crippen molar-refractivity contribution in [1.29, 1.82) is 0 Å². The maximum absolute atomic E-state index is 12.1. The first kappa shape index (κ1) is 12.7. The molecular weight excluding hydrogens is 254 g/mol. The Morgan fingerprint density at radius 1 is 1.00 bits per heavy atom. The molecule has 0 bridgehead atoms. The summed E-state index contributed by atoms with van der Waals surface area (Å²) in [4.78, 5) is 12.1. The molecule has 0 aliphatic carbocycles. The lowest BCUT2D eigenvalue weighted by Gasteiger charge is -2.29. The van der Waals surface area contributed by atoms with E-state index in [2.05, 4.69) is 5.32 Å². The summed E-state index contributed by atoms with van der Waals surface area (Å²) < 4.78 is 10.8. The SMILES string of the molecule is COc1ccc(C2(OC)NC(=O)c3ccccc32)cc1. The van der Waals surface area contributed by atoms with E-state index < -0.39 is 5.72 Å². The Kier molecular flexibility index (Phi) is 2.95. The van der Waals surface area contributed by atoms with E-state index in [9.17, 15) is 4.79 Å². The number of hydrogen-bond acceptors (Lipinski definition) is 3. The van der Waals surface area contributed by atoms with Crippen LogP contribution in [-0.4, -0.2) is 20.1 Å². The van der Waals surface area contributed by atoms with Crippen molar-refractivity contribution in [2.45, 2.75) is 5.72 Å². The summed E-state index contributed by atoms with van der Waals surface area (Å²) in [6.07, 6.45) is 0. The van der Waals surface area contributed by atoms with E-state index in [0.717, 1.165) is 16.9 Å². The van der Waals surface area contributed by atoms with E-state index in [1.54, 1.807) is 20.3 Å². The number of benzene rings is 2. The van der Waals surface area contributed by atoms with Crippen LogP contribution in [0.3, 0.4) is 0 Å². The zero-order chi connectivity index (χ0) is 14.2. The molecule has 0 aromatic heterocycles. The molecule has 1 aliphatic heterocycles. The van der Waals surface area contributed by atoms with Gasteiger partial charge in [0.1, 0.15) is 5.75 Å². The molecule has 1 amide bonds. The highest BCUT2D eigenvalue weighted by Crippen LogP contribution is 2.38. The molecule has 102 valence electrons. The molecule has 0 fully saturated rings. The molecule has 1 atom stereocenters. The van der Waals surface area contributed by atoms with E-state index in [0.29, 0.717) is 5.56 Å². The molecule has 0 radical (unpaired) electrons. The number of carbonyl (C=O) groups excluding carboxylic acids is 1. The van der Waals surface area contributed by atoms with Gasteiger partial charge in [-0.3, -0.25) is 4.79 Å². The number of carbonyl (C=O) groups is 1. The minimum atomic E-state index is -0.931. The summed E-state index contributed by atoms with van der Waals surface area (Å²) in [7, 11) is 3.21. The van der Waals surface area contributed by atoms with E-state index in [1.165, 1.54) is 0 Å². The first-order valence-corrected chi connectivity index (χ1v) is 6.33. The van der Waals surface area contributed by atoms with Gasteiger partial charge in [-0.2, -0.15) is 0 Å². The third-order valence-electron chi connectivity index (χ3n) is 3.64. The van der Waals surface area contributed by atoms with Crippen LogP contribution in [0.25, 0.3) is 0 Å². The molecule has 1 heterocycles. The van der Waals surface area contributed by atoms with Gasteiger partial charge in [0.25, 0.3) is 5.91 Å². The highest BCUT2D eigenvalue weighted by atomic mass is 16.5. The molecule has 1 aliphatic rings. The number of hydrogen-bond donors (Lipinski definition) is 1. The second-order valence-corrected chi connectivity index (χ2v) is 4.61. The molecule has 3 rings (SSSR count). The number of fused-ring (bicyclic) bond motifs is 1. The molecule has 4 nitrogen and oxygen atoms in total. The van der Waals surface area contributed by atoms with Crippen LogP contribution in [0.4, 0.5) is 0 Å². The first-order chi connectivity index (χ1) is 9.71. The van der Waals surface area contributed by atoms with Crippen LogP contribution in [0.1, 0.15) is 21.5 Å². The molecule has 2 aromatic carbocycles. The minimum Gasteiger partial charge on any atom is -0.497 e. The molecule has 20 heavy (non-hydrogen) atoms. The second-order valence-electron chi connectivity index (χ2n) is 4.61. The number of rotatable bonds is 3. The van der Waals surface area contributed by atoms with Gasteiger partial charge < -0.3 is 14.8 Å². The fourth-order valence-electron chi connectivity index (χ4n) is 2.61. The fraction of sp³-hybridized carbons (Fsp3) is 0.188. The summed E-state index contributed by atoms with van der Waals surface area (Å²) in [6.45, 7) is 0. The Morgan fingerprint density at radius 3 is 2.35 bits per heavy atom. The Balaban J connectivity index is 2.15. The fourth-order valence-corrected chi connectivity index (χ4v) is 2.61. The molecular formula is C16H15NO3. The van der Waals surface area contributed by atoms with Crippen LogP contribution >= 0.6 is 0 Å². The minimum absolute atomic E-state index is 0.127. The lowest BCUT2D eigenvalue weighted by Crippen LogP contribution is -2.42. The summed E-state index contributed by atoms with van der Waals surface area (Å²) in [6, 6.07) is 14.9. The van der Waals surface area contributed by atoms with Gasteiger partial charge in [0, 0.05) is 23.8 Å². The Morgan fingerprint density at radius 2 is 1.70 bits per heavy atom. The van der Waals surface area contributed by atoms with Crippen molar-refractivity contribution in [3.8, 4) is 5.75 Å². The monoisotopic (exact) mass is 269 g/mol. The van der Waals surface area contributed by atoms with Gasteiger partial charge in [-0.25, -0.2) is 0 Å². The Labute approximate surface area is 117 Å². The van der Waals surface area contributed by atoms with Crippen LogP contribution in [0.2, 0.25) is 0 Å². The summed E-state index contributed by atoms with van der Waals surface area (Å²) in [5, 5.41) is 2.93.